The normalized spacial score (nSPS) is 11.2. The largest absolute Gasteiger partial charge is 0.489 e. The Morgan fingerprint density at radius 1 is 1.50 bits per heavy atom. The molecule has 0 fully saturated rings. The standard InChI is InChI=1S/C11H15O4P/c1-3-7-15-10-6-5-9(4-2)8-11(10)16(12,13)14/h3,5-6,8H,1,4,7H2,2H3,(H2,12,13,14). The monoisotopic (exact) mass is 242 g/mol. The van der Waals surface area contributed by atoms with Crippen LogP contribution in [0.5, 0.6) is 5.75 Å². The Labute approximate surface area is 94.7 Å². The lowest BCUT2D eigenvalue weighted by Crippen LogP contribution is -2.11. The molecule has 4 nitrogen and oxygen atoms in total. The van der Waals surface area contributed by atoms with E-state index in [-0.39, 0.29) is 17.7 Å². The second-order valence-corrected chi connectivity index (χ2v) is 4.87. The lowest BCUT2D eigenvalue weighted by Gasteiger charge is -2.12. The summed E-state index contributed by atoms with van der Waals surface area (Å²) in [5, 5.41) is -0.0614. The highest BCUT2D eigenvalue weighted by atomic mass is 31.2. The Kier molecular flexibility index (Phi) is 4.30. The number of hydrogen-bond donors (Lipinski definition) is 2. The van der Waals surface area contributed by atoms with Gasteiger partial charge in [0.2, 0.25) is 0 Å². The third kappa shape index (κ3) is 3.20. The zero-order valence-electron chi connectivity index (χ0n) is 9.09. The van der Waals surface area contributed by atoms with E-state index >= 15 is 0 Å². The van der Waals surface area contributed by atoms with E-state index in [1.54, 1.807) is 12.1 Å². The van der Waals surface area contributed by atoms with Crippen LogP contribution in [0.25, 0.3) is 0 Å². The fraction of sp³-hybridized carbons (Fsp3) is 0.273. The molecule has 5 heteroatoms. The summed E-state index contributed by atoms with van der Waals surface area (Å²) in [6.45, 7) is 5.62. The molecular formula is C11H15O4P. The number of hydrogen-bond acceptors (Lipinski definition) is 2. The van der Waals surface area contributed by atoms with Crippen LogP contribution >= 0.6 is 7.60 Å². The summed E-state index contributed by atoms with van der Waals surface area (Å²) in [6, 6.07) is 4.85. The van der Waals surface area contributed by atoms with E-state index in [0.29, 0.717) is 0 Å². The summed E-state index contributed by atoms with van der Waals surface area (Å²) < 4.78 is 16.5. The topological polar surface area (TPSA) is 66.8 Å². The summed E-state index contributed by atoms with van der Waals surface area (Å²) in [5.74, 6) is 0.213. The van der Waals surface area contributed by atoms with Crippen molar-refractivity contribution in [1.29, 1.82) is 0 Å². The number of ether oxygens (including phenoxy) is 1. The van der Waals surface area contributed by atoms with Crippen LogP contribution in [-0.4, -0.2) is 16.4 Å². The van der Waals surface area contributed by atoms with Gasteiger partial charge in [0.05, 0.1) is 0 Å². The second kappa shape index (κ2) is 5.30. The molecule has 88 valence electrons. The van der Waals surface area contributed by atoms with Gasteiger partial charge in [-0.05, 0) is 24.1 Å². The highest BCUT2D eigenvalue weighted by Crippen LogP contribution is 2.37. The molecule has 0 saturated carbocycles. The van der Waals surface area contributed by atoms with E-state index in [0.717, 1.165) is 12.0 Å². The van der Waals surface area contributed by atoms with Gasteiger partial charge >= 0.3 is 7.60 Å². The zero-order chi connectivity index (χ0) is 12.2. The molecule has 1 aromatic rings. The average molecular weight is 242 g/mol. The Hall–Kier alpha value is -1.09. The van der Waals surface area contributed by atoms with E-state index in [1.165, 1.54) is 12.1 Å². The highest BCUT2D eigenvalue weighted by Gasteiger charge is 2.22. The number of rotatable bonds is 5. The van der Waals surface area contributed by atoms with Crippen molar-refractivity contribution in [2.45, 2.75) is 13.3 Å². The Bertz CT molecular complexity index is 422. The maximum absolute atomic E-state index is 11.3. The van der Waals surface area contributed by atoms with Crippen molar-refractivity contribution in [3.63, 3.8) is 0 Å². The van der Waals surface area contributed by atoms with Crippen LogP contribution < -0.4 is 10.0 Å². The summed E-state index contributed by atoms with van der Waals surface area (Å²) in [6.07, 6.45) is 2.24. The van der Waals surface area contributed by atoms with E-state index in [4.69, 9.17) is 4.74 Å². The molecule has 0 unspecified atom stereocenters. The van der Waals surface area contributed by atoms with Crippen molar-refractivity contribution in [1.82, 2.24) is 0 Å². The maximum atomic E-state index is 11.3. The van der Waals surface area contributed by atoms with Gasteiger partial charge in [-0.15, -0.1) is 0 Å². The third-order valence-electron chi connectivity index (χ3n) is 2.10. The van der Waals surface area contributed by atoms with Crippen LogP contribution in [0, 0.1) is 0 Å². The van der Waals surface area contributed by atoms with E-state index in [9.17, 15) is 14.4 Å². The van der Waals surface area contributed by atoms with E-state index in [1.807, 2.05) is 6.92 Å². The smallest absolute Gasteiger partial charge is 0.359 e. The second-order valence-electron chi connectivity index (χ2n) is 3.30. The first-order valence-corrected chi connectivity index (χ1v) is 6.53. The molecule has 1 aromatic carbocycles. The van der Waals surface area contributed by atoms with Gasteiger partial charge in [0.15, 0.2) is 0 Å². The predicted molar refractivity (Wildman–Crippen MR) is 63.2 cm³/mol. The molecule has 0 aliphatic carbocycles. The van der Waals surface area contributed by atoms with Gasteiger partial charge in [-0.25, -0.2) is 0 Å². The van der Waals surface area contributed by atoms with Crippen molar-refractivity contribution < 1.29 is 19.1 Å². The van der Waals surface area contributed by atoms with Crippen LogP contribution in [0.2, 0.25) is 0 Å². The number of aryl methyl sites for hydroxylation is 1. The molecule has 1 rings (SSSR count). The molecule has 0 radical (unpaired) electrons. The summed E-state index contributed by atoms with van der Waals surface area (Å²) >= 11 is 0. The minimum atomic E-state index is -4.30. The lowest BCUT2D eigenvalue weighted by atomic mass is 10.2. The van der Waals surface area contributed by atoms with Crippen molar-refractivity contribution >= 4 is 12.9 Å². The average Bonchev–Trinajstić information content (AvgIpc) is 2.25. The summed E-state index contributed by atoms with van der Waals surface area (Å²) in [7, 11) is -4.30. The molecule has 0 aliphatic heterocycles. The minimum Gasteiger partial charge on any atom is -0.489 e. The molecule has 0 saturated heterocycles. The minimum absolute atomic E-state index is 0.0614. The first-order valence-electron chi connectivity index (χ1n) is 4.91. The lowest BCUT2D eigenvalue weighted by molar-refractivity contribution is 0.358. The quantitative estimate of drug-likeness (QED) is 0.608. The van der Waals surface area contributed by atoms with Gasteiger partial charge in [-0.1, -0.05) is 25.6 Å². The molecule has 0 heterocycles. The van der Waals surface area contributed by atoms with Gasteiger partial charge in [0, 0.05) is 0 Å². The van der Waals surface area contributed by atoms with Gasteiger partial charge in [0.1, 0.15) is 17.7 Å². The molecular weight excluding hydrogens is 227 g/mol. The Balaban J connectivity index is 3.16. The van der Waals surface area contributed by atoms with E-state index in [2.05, 4.69) is 6.58 Å². The molecule has 0 spiro atoms. The van der Waals surface area contributed by atoms with Crippen molar-refractivity contribution in [2.24, 2.45) is 0 Å². The highest BCUT2D eigenvalue weighted by molar-refractivity contribution is 7.60. The zero-order valence-corrected chi connectivity index (χ0v) is 9.98. The first-order chi connectivity index (χ1) is 7.49. The van der Waals surface area contributed by atoms with E-state index < -0.39 is 7.60 Å². The number of benzene rings is 1. The molecule has 0 amide bonds. The Morgan fingerprint density at radius 3 is 2.69 bits per heavy atom. The SMILES string of the molecule is C=CCOc1ccc(CC)cc1P(=O)(O)O. The molecule has 0 bridgehead atoms. The van der Waals surface area contributed by atoms with Gasteiger partial charge < -0.3 is 14.5 Å². The molecule has 0 atom stereocenters. The Morgan fingerprint density at radius 2 is 2.19 bits per heavy atom. The fourth-order valence-corrected chi connectivity index (χ4v) is 2.04. The van der Waals surface area contributed by atoms with Crippen LogP contribution in [0.3, 0.4) is 0 Å². The van der Waals surface area contributed by atoms with Gasteiger partial charge in [-0.3, -0.25) is 4.57 Å². The first kappa shape index (κ1) is 13.0. The summed E-state index contributed by atoms with van der Waals surface area (Å²) in [4.78, 5) is 18.4. The third-order valence-corrected chi connectivity index (χ3v) is 3.08. The predicted octanol–water partition coefficient (Wildman–Crippen LogP) is 1.62. The van der Waals surface area contributed by atoms with Crippen molar-refractivity contribution in [2.75, 3.05) is 6.61 Å². The fourth-order valence-electron chi connectivity index (χ4n) is 1.28. The van der Waals surface area contributed by atoms with Crippen molar-refractivity contribution in [3.05, 3.63) is 36.4 Å². The van der Waals surface area contributed by atoms with Crippen LogP contribution in [0.4, 0.5) is 0 Å². The molecule has 2 N–H and O–H groups in total. The summed E-state index contributed by atoms with van der Waals surface area (Å²) in [5.41, 5.74) is 0.865. The molecule has 0 aromatic heterocycles. The van der Waals surface area contributed by atoms with Gasteiger partial charge in [-0.2, -0.15) is 0 Å². The molecule has 0 aliphatic rings. The van der Waals surface area contributed by atoms with Crippen LogP contribution in [0.15, 0.2) is 30.9 Å². The van der Waals surface area contributed by atoms with Crippen molar-refractivity contribution in [3.8, 4) is 5.75 Å². The van der Waals surface area contributed by atoms with Crippen LogP contribution in [0.1, 0.15) is 12.5 Å². The van der Waals surface area contributed by atoms with Gasteiger partial charge in [0.25, 0.3) is 0 Å². The maximum Gasteiger partial charge on any atom is 0.359 e. The molecule has 16 heavy (non-hydrogen) atoms. The van der Waals surface area contributed by atoms with Crippen LogP contribution in [-0.2, 0) is 11.0 Å².